The van der Waals surface area contributed by atoms with Gasteiger partial charge in [0, 0.05) is 15.4 Å². The third kappa shape index (κ3) is 7.12. The highest BCUT2D eigenvalue weighted by molar-refractivity contribution is 9.10. The van der Waals surface area contributed by atoms with Gasteiger partial charge in [0.05, 0.1) is 0 Å². The number of nitrogens with one attached hydrogen (secondary N) is 1. The van der Waals surface area contributed by atoms with Gasteiger partial charge >= 0.3 is 0 Å². The Balaban J connectivity index is 2.09. The number of thioether (sulfide) groups is 1. The summed E-state index contributed by atoms with van der Waals surface area (Å²) in [6.07, 6.45) is 3.76. The van der Waals surface area contributed by atoms with Gasteiger partial charge in [-0.3, -0.25) is 0 Å². The van der Waals surface area contributed by atoms with E-state index in [1.165, 1.54) is 29.9 Å². The molecule has 0 saturated carbocycles. The summed E-state index contributed by atoms with van der Waals surface area (Å²) >= 11 is 5.40. The lowest BCUT2D eigenvalue weighted by Gasteiger charge is -2.12. The first kappa shape index (κ1) is 15.1. The number of benzene rings is 1. The Kier molecular flexibility index (Phi) is 7.99. The van der Waals surface area contributed by atoms with Gasteiger partial charge in [0.1, 0.15) is 0 Å². The highest BCUT2D eigenvalue weighted by Crippen LogP contribution is 2.21. The van der Waals surface area contributed by atoms with Gasteiger partial charge in [-0.05, 0) is 62.7 Å². The molecule has 0 spiro atoms. The molecule has 0 heterocycles. The van der Waals surface area contributed by atoms with Crippen molar-refractivity contribution in [1.29, 1.82) is 0 Å². The maximum Gasteiger partial charge on any atom is 0.0176 e. The fourth-order valence-corrected chi connectivity index (χ4v) is 2.74. The second-order valence-corrected chi connectivity index (χ2v) is 6.38. The maximum absolute atomic E-state index is 3.52. The van der Waals surface area contributed by atoms with E-state index >= 15 is 0 Å². The molecule has 0 fully saturated rings. The molecule has 0 saturated heterocycles. The third-order valence-corrected chi connectivity index (χ3v) is 4.23. The summed E-state index contributed by atoms with van der Waals surface area (Å²) in [5.74, 6) is 1.21. The molecule has 1 atom stereocenters. The van der Waals surface area contributed by atoms with E-state index in [4.69, 9.17) is 0 Å². The van der Waals surface area contributed by atoms with E-state index < -0.39 is 0 Å². The molecule has 3 heteroatoms. The van der Waals surface area contributed by atoms with Crippen molar-refractivity contribution in [3.8, 4) is 0 Å². The van der Waals surface area contributed by atoms with Gasteiger partial charge in [0.25, 0.3) is 0 Å². The van der Waals surface area contributed by atoms with Crippen molar-refractivity contribution in [2.24, 2.45) is 0 Å². The molecule has 1 aromatic rings. The lowest BCUT2D eigenvalue weighted by Crippen LogP contribution is -2.26. The maximum atomic E-state index is 3.52. The second kappa shape index (κ2) is 9.01. The first-order chi connectivity index (χ1) is 8.22. The number of hydrogen-bond acceptors (Lipinski definition) is 2. The van der Waals surface area contributed by atoms with Crippen LogP contribution in [0.2, 0.25) is 0 Å². The molecule has 1 rings (SSSR count). The fourth-order valence-electron chi connectivity index (χ4n) is 1.60. The first-order valence-electron chi connectivity index (χ1n) is 6.34. The predicted molar refractivity (Wildman–Crippen MR) is 81.9 cm³/mol. The summed E-state index contributed by atoms with van der Waals surface area (Å²) in [5, 5.41) is 3.52. The van der Waals surface area contributed by atoms with Crippen LogP contribution in [0.4, 0.5) is 0 Å². The summed E-state index contributed by atoms with van der Waals surface area (Å²) in [4.78, 5) is 1.36. The molecule has 96 valence electrons. The summed E-state index contributed by atoms with van der Waals surface area (Å²) in [5.41, 5.74) is 0. The molecule has 0 bridgehead atoms. The lowest BCUT2D eigenvalue weighted by atomic mass is 10.2. The van der Waals surface area contributed by atoms with Gasteiger partial charge in [-0.2, -0.15) is 0 Å². The first-order valence-corrected chi connectivity index (χ1v) is 8.12. The number of halogens is 1. The van der Waals surface area contributed by atoms with Gasteiger partial charge in [0.15, 0.2) is 0 Å². The minimum atomic E-state index is 0.653. The summed E-state index contributed by atoms with van der Waals surface area (Å²) < 4.78 is 1.15. The molecule has 0 aliphatic carbocycles. The summed E-state index contributed by atoms with van der Waals surface area (Å²) in [6.45, 7) is 5.63. The van der Waals surface area contributed by atoms with Crippen molar-refractivity contribution < 1.29 is 0 Å². The third-order valence-electron chi connectivity index (χ3n) is 2.61. The molecular weight excluding hydrogens is 294 g/mol. The molecule has 0 aliphatic rings. The van der Waals surface area contributed by atoms with Gasteiger partial charge in [0.2, 0.25) is 0 Å². The van der Waals surface area contributed by atoms with E-state index in [-0.39, 0.29) is 0 Å². The molecule has 0 amide bonds. The van der Waals surface area contributed by atoms with E-state index in [0.29, 0.717) is 6.04 Å². The van der Waals surface area contributed by atoms with Crippen molar-refractivity contribution in [1.82, 2.24) is 5.32 Å². The standard InChI is InChI=1S/C14H22BrNS/c1-3-10-16-12(2)5-4-11-17-14-8-6-13(15)7-9-14/h6-9,12,16H,3-5,10-11H2,1-2H3. The average Bonchev–Trinajstić information content (AvgIpc) is 2.34. The van der Waals surface area contributed by atoms with Crippen LogP contribution in [0.3, 0.4) is 0 Å². The van der Waals surface area contributed by atoms with Crippen molar-refractivity contribution in [2.45, 2.75) is 44.0 Å². The molecule has 1 unspecified atom stereocenters. The normalized spacial score (nSPS) is 12.6. The molecule has 17 heavy (non-hydrogen) atoms. The van der Waals surface area contributed by atoms with Gasteiger partial charge in [-0.1, -0.05) is 22.9 Å². The van der Waals surface area contributed by atoms with E-state index in [2.05, 4.69) is 59.4 Å². The largest absolute Gasteiger partial charge is 0.314 e. The van der Waals surface area contributed by atoms with E-state index in [1.54, 1.807) is 0 Å². The Hall–Kier alpha value is 0.01000. The van der Waals surface area contributed by atoms with Gasteiger partial charge < -0.3 is 5.32 Å². The van der Waals surface area contributed by atoms with Crippen molar-refractivity contribution >= 4 is 27.7 Å². The molecule has 1 aromatic carbocycles. The van der Waals surface area contributed by atoms with Crippen LogP contribution in [-0.2, 0) is 0 Å². The van der Waals surface area contributed by atoms with Crippen LogP contribution in [0.5, 0.6) is 0 Å². The second-order valence-electron chi connectivity index (χ2n) is 4.30. The zero-order valence-electron chi connectivity index (χ0n) is 10.7. The molecule has 0 aliphatic heterocycles. The highest BCUT2D eigenvalue weighted by Gasteiger charge is 2.00. The van der Waals surface area contributed by atoms with Crippen molar-refractivity contribution in [3.63, 3.8) is 0 Å². The number of hydrogen-bond donors (Lipinski definition) is 1. The minimum Gasteiger partial charge on any atom is -0.314 e. The molecule has 1 N–H and O–H groups in total. The van der Waals surface area contributed by atoms with Crippen LogP contribution in [-0.4, -0.2) is 18.3 Å². The zero-order chi connectivity index (χ0) is 12.5. The van der Waals surface area contributed by atoms with Crippen molar-refractivity contribution in [2.75, 3.05) is 12.3 Å². The Morgan fingerprint density at radius 3 is 2.65 bits per heavy atom. The van der Waals surface area contributed by atoms with E-state index in [0.717, 1.165) is 11.0 Å². The van der Waals surface area contributed by atoms with Crippen LogP contribution in [0.15, 0.2) is 33.6 Å². The molecule has 1 nitrogen and oxygen atoms in total. The SMILES string of the molecule is CCCNC(C)CCCSc1ccc(Br)cc1. The van der Waals surface area contributed by atoms with Crippen LogP contribution < -0.4 is 5.32 Å². The topological polar surface area (TPSA) is 12.0 Å². The Labute approximate surface area is 118 Å². The monoisotopic (exact) mass is 315 g/mol. The smallest absolute Gasteiger partial charge is 0.0176 e. The Morgan fingerprint density at radius 2 is 2.00 bits per heavy atom. The Bertz CT molecular complexity index is 300. The molecule has 0 aromatic heterocycles. The van der Waals surface area contributed by atoms with Gasteiger partial charge in [-0.25, -0.2) is 0 Å². The average molecular weight is 316 g/mol. The van der Waals surface area contributed by atoms with E-state index in [9.17, 15) is 0 Å². The summed E-state index contributed by atoms with van der Waals surface area (Å²) in [6, 6.07) is 9.21. The van der Waals surface area contributed by atoms with Crippen LogP contribution in [0.25, 0.3) is 0 Å². The quantitative estimate of drug-likeness (QED) is 0.551. The summed E-state index contributed by atoms with van der Waals surface area (Å²) in [7, 11) is 0. The van der Waals surface area contributed by atoms with Crippen molar-refractivity contribution in [3.05, 3.63) is 28.7 Å². The molecular formula is C14H22BrNS. The lowest BCUT2D eigenvalue weighted by molar-refractivity contribution is 0.510. The van der Waals surface area contributed by atoms with Crippen LogP contribution >= 0.6 is 27.7 Å². The zero-order valence-corrected chi connectivity index (χ0v) is 13.1. The van der Waals surface area contributed by atoms with Crippen LogP contribution in [0.1, 0.15) is 33.1 Å². The Morgan fingerprint density at radius 1 is 1.29 bits per heavy atom. The van der Waals surface area contributed by atoms with Gasteiger partial charge in [-0.15, -0.1) is 11.8 Å². The number of rotatable bonds is 8. The highest BCUT2D eigenvalue weighted by atomic mass is 79.9. The van der Waals surface area contributed by atoms with E-state index in [1.807, 2.05) is 11.8 Å². The van der Waals surface area contributed by atoms with Crippen LogP contribution in [0, 0.1) is 0 Å². The predicted octanol–water partition coefficient (Wildman–Crippen LogP) is 4.71. The minimum absolute atomic E-state index is 0.653. The molecule has 0 radical (unpaired) electrons. The fraction of sp³-hybridized carbons (Fsp3) is 0.571.